The van der Waals surface area contributed by atoms with E-state index >= 15 is 0 Å². The van der Waals surface area contributed by atoms with Gasteiger partial charge in [-0.25, -0.2) is 9.36 Å². The first-order valence-electron chi connectivity index (χ1n) is 5.98. The van der Waals surface area contributed by atoms with Gasteiger partial charge in [0.25, 0.3) is 5.56 Å². The zero-order valence-corrected chi connectivity index (χ0v) is 11.0. The highest BCUT2D eigenvalue weighted by Gasteiger charge is 2.14. The van der Waals surface area contributed by atoms with Crippen molar-refractivity contribution in [2.24, 2.45) is 14.1 Å². The molecule has 0 bridgehead atoms. The molecule has 0 aliphatic rings. The van der Waals surface area contributed by atoms with Crippen molar-refractivity contribution >= 4 is 16.8 Å². The van der Waals surface area contributed by atoms with Crippen LogP contribution in [0.25, 0.3) is 11.0 Å². The predicted molar refractivity (Wildman–Crippen MR) is 70.3 cm³/mol. The molecule has 3 aromatic rings. The number of carbonyl (C=O) groups is 1. The molecule has 3 heterocycles. The van der Waals surface area contributed by atoms with Crippen molar-refractivity contribution < 1.29 is 4.79 Å². The van der Waals surface area contributed by atoms with Crippen LogP contribution in [0.3, 0.4) is 0 Å². The van der Waals surface area contributed by atoms with Gasteiger partial charge in [-0.2, -0.15) is 5.10 Å². The third kappa shape index (κ3) is 1.81. The van der Waals surface area contributed by atoms with Crippen LogP contribution in [0.1, 0.15) is 10.5 Å². The summed E-state index contributed by atoms with van der Waals surface area (Å²) in [6, 6.07) is 3.47. The van der Waals surface area contributed by atoms with Gasteiger partial charge < -0.3 is 4.57 Å². The molecule has 0 spiro atoms. The summed E-state index contributed by atoms with van der Waals surface area (Å²) in [7, 11) is 3.45. The number of Topliss-reactive ketones (excluding diaryl/α,β-unsaturated/α-hetero) is 1. The molecule has 8 heteroatoms. The first kappa shape index (κ1) is 12.3. The normalized spacial score (nSPS) is 11.1. The summed E-state index contributed by atoms with van der Waals surface area (Å²) in [5.41, 5.74) is 0.549. The van der Waals surface area contributed by atoms with Crippen LogP contribution in [0.15, 0.2) is 29.3 Å². The molecule has 0 radical (unpaired) electrons. The van der Waals surface area contributed by atoms with E-state index in [2.05, 4.69) is 15.4 Å². The van der Waals surface area contributed by atoms with Crippen LogP contribution < -0.4 is 5.56 Å². The minimum absolute atomic E-state index is 0.144. The number of carbonyl (C=O) groups excluding carboxylic acids is 1. The SMILES string of the molecule is Cn1cccc1C(=O)Cn1nnc2c(cnn2C)c1=O. The molecular weight excluding hydrogens is 260 g/mol. The molecule has 3 rings (SSSR count). The van der Waals surface area contributed by atoms with Gasteiger partial charge in [-0.05, 0) is 12.1 Å². The van der Waals surface area contributed by atoms with E-state index in [0.29, 0.717) is 16.7 Å². The largest absolute Gasteiger partial charge is 0.348 e. The van der Waals surface area contributed by atoms with E-state index < -0.39 is 0 Å². The van der Waals surface area contributed by atoms with Crippen molar-refractivity contribution in [2.45, 2.75) is 6.54 Å². The fraction of sp³-hybridized carbons (Fsp3) is 0.250. The molecule has 0 aliphatic carbocycles. The van der Waals surface area contributed by atoms with Gasteiger partial charge in [0.2, 0.25) is 5.78 Å². The van der Waals surface area contributed by atoms with Gasteiger partial charge in [0.1, 0.15) is 11.9 Å². The van der Waals surface area contributed by atoms with Gasteiger partial charge in [0, 0.05) is 20.3 Å². The Morgan fingerprint density at radius 3 is 2.85 bits per heavy atom. The Morgan fingerprint density at radius 2 is 2.15 bits per heavy atom. The van der Waals surface area contributed by atoms with Gasteiger partial charge in [0.05, 0.1) is 11.9 Å². The van der Waals surface area contributed by atoms with Crippen LogP contribution >= 0.6 is 0 Å². The van der Waals surface area contributed by atoms with Gasteiger partial charge in [-0.1, -0.05) is 5.21 Å². The molecule has 20 heavy (non-hydrogen) atoms. The minimum Gasteiger partial charge on any atom is -0.348 e. The van der Waals surface area contributed by atoms with Crippen molar-refractivity contribution in [1.82, 2.24) is 29.3 Å². The van der Waals surface area contributed by atoms with Gasteiger partial charge in [-0.3, -0.25) is 9.59 Å². The zero-order valence-electron chi connectivity index (χ0n) is 11.0. The van der Waals surface area contributed by atoms with Crippen molar-refractivity contribution in [2.75, 3.05) is 0 Å². The minimum atomic E-state index is -0.370. The fourth-order valence-electron chi connectivity index (χ4n) is 2.05. The molecule has 0 atom stereocenters. The molecule has 102 valence electrons. The van der Waals surface area contributed by atoms with E-state index in [-0.39, 0.29) is 17.9 Å². The second-order valence-corrected chi connectivity index (χ2v) is 4.49. The third-order valence-electron chi connectivity index (χ3n) is 3.14. The average molecular weight is 272 g/mol. The van der Waals surface area contributed by atoms with E-state index in [1.165, 1.54) is 10.9 Å². The third-order valence-corrected chi connectivity index (χ3v) is 3.14. The number of aryl methyl sites for hydroxylation is 2. The van der Waals surface area contributed by atoms with Gasteiger partial charge in [-0.15, -0.1) is 5.10 Å². The Labute approximate surface area is 113 Å². The Morgan fingerprint density at radius 1 is 1.35 bits per heavy atom. The molecular formula is C12H12N6O2. The lowest BCUT2D eigenvalue weighted by atomic mass is 10.3. The molecule has 3 aromatic heterocycles. The maximum Gasteiger partial charge on any atom is 0.281 e. The second-order valence-electron chi connectivity index (χ2n) is 4.49. The Bertz CT molecular complexity index is 856. The first-order valence-corrected chi connectivity index (χ1v) is 5.98. The lowest BCUT2D eigenvalue weighted by molar-refractivity contribution is 0.0956. The topological polar surface area (TPSA) is 87.6 Å². The number of rotatable bonds is 3. The summed E-state index contributed by atoms with van der Waals surface area (Å²) in [4.78, 5) is 24.3. The van der Waals surface area contributed by atoms with E-state index in [1.54, 1.807) is 37.0 Å². The maximum atomic E-state index is 12.2. The molecule has 0 fully saturated rings. The highest BCUT2D eigenvalue weighted by Crippen LogP contribution is 2.04. The Balaban J connectivity index is 2.00. The van der Waals surface area contributed by atoms with E-state index in [0.717, 1.165) is 4.68 Å². The van der Waals surface area contributed by atoms with Crippen LogP contribution in [-0.4, -0.2) is 35.1 Å². The summed E-state index contributed by atoms with van der Waals surface area (Å²) < 4.78 is 4.22. The number of hydrogen-bond donors (Lipinski definition) is 0. The average Bonchev–Trinajstić information content (AvgIpc) is 3.00. The zero-order chi connectivity index (χ0) is 14.3. The number of hydrogen-bond acceptors (Lipinski definition) is 5. The molecule has 0 unspecified atom stereocenters. The maximum absolute atomic E-state index is 12.2. The van der Waals surface area contributed by atoms with Crippen molar-refractivity contribution in [1.29, 1.82) is 0 Å². The van der Waals surface area contributed by atoms with Crippen molar-refractivity contribution in [3.8, 4) is 0 Å². The monoisotopic (exact) mass is 272 g/mol. The molecule has 0 amide bonds. The fourth-order valence-corrected chi connectivity index (χ4v) is 2.05. The first-order chi connectivity index (χ1) is 9.58. The summed E-state index contributed by atoms with van der Waals surface area (Å²) >= 11 is 0. The summed E-state index contributed by atoms with van der Waals surface area (Å²) in [6.45, 7) is -0.144. The van der Waals surface area contributed by atoms with Crippen molar-refractivity contribution in [3.05, 3.63) is 40.6 Å². The number of ketones is 1. The highest BCUT2D eigenvalue weighted by atomic mass is 16.1. The Hall–Kier alpha value is -2.77. The number of nitrogens with zero attached hydrogens (tertiary/aromatic N) is 6. The molecule has 0 N–H and O–H groups in total. The summed E-state index contributed by atoms with van der Waals surface area (Å²) in [5.74, 6) is -0.197. The second kappa shape index (κ2) is 4.41. The molecule has 0 aromatic carbocycles. The highest BCUT2D eigenvalue weighted by molar-refractivity contribution is 5.94. The van der Waals surface area contributed by atoms with Crippen LogP contribution in [-0.2, 0) is 20.6 Å². The van der Waals surface area contributed by atoms with Crippen LogP contribution in [0.5, 0.6) is 0 Å². The number of fused-ring (bicyclic) bond motifs is 1. The molecule has 0 saturated carbocycles. The van der Waals surface area contributed by atoms with Crippen LogP contribution in [0, 0.1) is 0 Å². The Kier molecular flexibility index (Phi) is 2.70. The molecule has 0 aliphatic heterocycles. The summed E-state index contributed by atoms with van der Waals surface area (Å²) in [6.07, 6.45) is 3.20. The van der Waals surface area contributed by atoms with Gasteiger partial charge in [0.15, 0.2) is 5.65 Å². The summed E-state index contributed by atoms with van der Waals surface area (Å²) in [5, 5.41) is 12.0. The quantitative estimate of drug-likeness (QED) is 0.613. The van der Waals surface area contributed by atoms with E-state index in [1.807, 2.05) is 0 Å². The lowest BCUT2D eigenvalue weighted by Gasteiger charge is -2.04. The van der Waals surface area contributed by atoms with Crippen LogP contribution in [0.2, 0.25) is 0 Å². The van der Waals surface area contributed by atoms with E-state index in [4.69, 9.17) is 0 Å². The van der Waals surface area contributed by atoms with Crippen molar-refractivity contribution in [3.63, 3.8) is 0 Å². The van der Waals surface area contributed by atoms with Crippen LogP contribution in [0.4, 0.5) is 0 Å². The molecule has 0 saturated heterocycles. The van der Waals surface area contributed by atoms with E-state index in [9.17, 15) is 9.59 Å². The lowest BCUT2D eigenvalue weighted by Crippen LogP contribution is -2.28. The smallest absolute Gasteiger partial charge is 0.281 e. The predicted octanol–water partition coefficient (Wildman–Crippen LogP) is -0.254. The standard InChI is InChI=1S/C12H12N6O2/c1-16-5-3-4-9(16)10(19)7-18-12(20)8-6-13-17(2)11(8)14-15-18/h3-6H,7H2,1-2H3. The van der Waals surface area contributed by atoms with Gasteiger partial charge >= 0.3 is 0 Å². The molecule has 8 nitrogen and oxygen atoms in total. The number of aromatic nitrogens is 6.